The number of ether oxygens (including phenoxy) is 1. The van der Waals surface area contributed by atoms with Gasteiger partial charge in [-0.1, -0.05) is 35.0 Å². The van der Waals surface area contributed by atoms with E-state index in [9.17, 15) is 4.79 Å². The van der Waals surface area contributed by atoms with Crippen LogP contribution in [0, 0.1) is 6.92 Å². The van der Waals surface area contributed by atoms with Gasteiger partial charge in [0.1, 0.15) is 12.4 Å². The Morgan fingerprint density at radius 1 is 1.17 bits per heavy atom. The molecule has 0 radical (unpaired) electrons. The molecule has 0 saturated carbocycles. The van der Waals surface area contributed by atoms with Crippen LogP contribution in [0.25, 0.3) is 10.9 Å². The zero-order valence-electron chi connectivity index (χ0n) is 16.4. The number of aryl methyl sites for hydroxylation is 1. The van der Waals surface area contributed by atoms with Gasteiger partial charge in [-0.2, -0.15) is 10.1 Å². The van der Waals surface area contributed by atoms with Crippen molar-refractivity contribution in [3.05, 3.63) is 75.8 Å². The van der Waals surface area contributed by atoms with Crippen LogP contribution in [0.4, 0.5) is 5.82 Å². The van der Waals surface area contributed by atoms with Gasteiger partial charge in [-0.3, -0.25) is 4.79 Å². The number of anilines is 1. The Bertz CT molecular complexity index is 1260. The second kappa shape index (κ2) is 7.34. The second-order valence-electron chi connectivity index (χ2n) is 7.49. The highest BCUT2D eigenvalue weighted by atomic mass is 16.5. The third-order valence-electron chi connectivity index (χ3n) is 5.31. The van der Waals surface area contributed by atoms with E-state index in [-0.39, 0.29) is 24.1 Å². The third-order valence-corrected chi connectivity index (χ3v) is 5.31. The Kier molecular flexibility index (Phi) is 4.51. The molecule has 4 aromatic rings. The van der Waals surface area contributed by atoms with Gasteiger partial charge < -0.3 is 15.0 Å². The van der Waals surface area contributed by atoms with Crippen molar-refractivity contribution in [2.75, 3.05) is 12.3 Å². The average molecular weight is 404 g/mol. The molecule has 0 spiro atoms. The first-order valence-corrected chi connectivity index (χ1v) is 9.70. The molecular weight excluding hydrogens is 384 g/mol. The van der Waals surface area contributed by atoms with E-state index in [1.165, 1.54) is 16.4 Å². The van der Waals surface area contributed by atoms with Crippen molar-refractivity contribution in [1.29, 1.82) is 0 Å². The van der Waals surface area contributed by atoms with Crippen molar-refractivity contribution in [3.63, 3.8) is 0 Å². The van der Waals surface area contributed by atoms with Gasteiger partial charge in [0.2, 0.25) is 5.89 Å². The predicted molar refractivity (Wildman–Crippen MR) is 109 cm³/mol. The number of fused-ring (bicyclic) bond motifs is 1. The van der Waals surface area contributed by atoms with Crippen LogP contribution in [0.1, 0.15) is 41.3 Å². The second-order valence-corrected chi connectivity index (χ2v) is 7.49. The fraction of sp³-hybridized carbons (Fsp3) is 0.286. The molecule has 30 heavy (non-hydrogen) atoms. The van der Waals surface area contributed by atoms with E-state index in [2.05, 4.69) is 51.4 Å². The molecule has 1 saturated heterocycles. The highest BCUT2D eigenvalue weighted by Crippen LogP contribution is 2.37. The van der Waals surface area contributed by atoms with Crippen LogP contribution >= 0.6 is 0 Å². The first kappa shape index (κ1) is 18.4. The molecule has 5 rings (SSSR count). The van der Waals surface area contributed by atoms with Gasteiger partial charge in [0.15, 0.2) is 5.82 Å². The van der Waals surface area contributed by atoms with Gasteiger partial charge in [-0.15, -0.1) is 0 Å². The van der Waals surface area contributed by atoms with Crippen LogP contribution in [0.2, 0.25) is 0 Å². The average Bonchev–Trinajstić information content (AvgIpc) is 3.40. The first-order valence-electron chi connectivity index (χ1n) is 9.70. The van der Waals surface area contributed by atoms with Crippen molar-refractivity contribution in [3.8, 4) is 0 Å². The molecule has 1 fully saturated rings. The van der Waals surface area contributed by atoms with E-state index in [0.29, 0.717) is 35.0 Å². The summed E-state index contributed by atoms with van der Waals surface area (Å²) < 4.78 is 12.6. The summed E-state index contributed by atoms with van der Waals surface area (Å²) in [6.07, 6.45) is 2.30. The quantitative estimate of drug-likeness (QED) is 0.550. The Hall–Kier alpha value is -3.59. The SMILES string of the molecule is Cc1ccc([C@H]2C[C@H](c3noc(Cn4ncc5nc(N)ccc5c4=O)n3)CO2)cc1. The maximum Gasteiger partial charge on any atom is 0.276 e. The van der Waals surface area contributed by atoms with Gasteiger partial charge in [-0.25, -0.2) is 9.67 Å². The highest BCUT2D eigenvalue weighted by molar-refractivity contribution is 5.77. The molecule has 9 heteroatoms. The summed E-state index contributed by atoms with van der Waals surface area (Å²) >= 11 is 0. The number of nitrogens with zero attached hydrogens (tertiary/aromatic N) is 5. The number of rotatable bonds is 4. The minimum atomic E-state index is -0.289. The fourth-order valence-corrected chi connectivity index (χ4v) is 3.64. The molecule has 0 unspecified atom stereocenters. The Morgan fingerprint density at radius 3 is 2.83 bits per heavy atom. The standard InChI is InChI=1S/C21H20N6O3/c1-12-2-4-13(5-3-12)17-8-14(11-29-17)20-25-19(30-26-20)10-27-21(28)15-6-7-18(22)24-16(15)9-23-27/h2-7,9,14,17H,8,10-11H2,1H3,(H2,22,24)/t14-,17+/m0/s1. The lowest BCUT2D eigenvalue weighted by molar-refractivity contribution is 0.110. The summed E-state index contributed by atoms with van der Waals surface area (Å²) in [5.41, 5.74) is 8.19. The van der Waals surface area contributed by atoms with Crippen LogP contribution < -0.4 is 11.3 Å². The van der Waals surface area contributed by atoms with Crippen LogP contribution in [0.5, 0.6) is 0 Å². The van der Waals surface area contributed by atoms with E-state index in [4.69, 9.17) is 15.0 Å². The largest absolute Gasteiger partial charge is 0.384 e. The Labute approximate surface area is 171 Å². The monoisotopic (exact) mass is 404 g/mol. The van der Waals surface area contributed by atoms with Crippen LogP contribution in [0.3, 0.4) is 0 Å². The van der Waals surface area contributed by atoms with Crippen molar-refractivity contribution < 1.29 is 9.26 Å². The topological polar surface area (TPSA) is 122 Å². The number of pyridine rings is 1. The number of nitrogens with two attached hydrogens (primary N) is 1. The number of hydrogen-bond donors (Lipinski definition) is 1. The molecule has 1 aliphatic rings. The zero-order chi connectivity index (χ0) is 20.7. The van der Waals surface area contributed by atoms with Crippen LogP contribution in [-0.2, 0) is 11.3 Å². The van der Waals surface area contributed by atoms with E-state index >= 15 is 0 Å². The summed E-state index contributed by atoms with van der Waals surface area (Å²) in [5.74, 6) is 1.29. The van der Waals surface area contributed by atoms with E-state index in [1.54, 1.807) is 12.1 Å². The third kappa shape index (κ3) is 3.43. The van der Waals surface area contributed by atoms with Gasteiger partial charge in [-0.05, 0) is 31.0 Å². The predicted octanol–water partition coefficient (Wildman–Crippen LogP) is 2.36. The van der Waals surface area contributed by atoms with Crippen molar-refractivity contribution in [2.24, 2.45) is 0 Å². The summed E-state index contributed by atoms with van der Waals surface area (Å²) in [6, 6.07) is 11.6. The zero-order valence-corrected chi connectivity index (χ0v) is 16.4. The molecule has 152 valence electrons. The molecule has 9 nitrogen and oxygen atoms in total. The molecule has 0 aliphatic carbocycles. The van der Waals surface area contributed by atoms with E-state index in [0.717, 1.165) is 12.0 Å². The fourth-order valence-electron chi connectivity index (χ4n) is 3.64. The molecule has 4 heterocycles. The van der Waals surface area contributed by atoms with Gasteiger partial charge in [0, 0.05) is 5.92 Å². The van der Waals surface area contributed by atoms with Crippen LogP contribution in [-0.4, -0.2) is 31.5 Å². The van der Waals surface area contributed by atoms with E-state index in [1.807, 2.05) is 0 Å². The maximum atomic E-state index is 12.6. The molecule has 2 atom stereocenters. The van der Waals surface area contributed by atoms with Crippen molar-refractivity contribution >= 4 is 16.7 Å². The number of nitrogen functional groups attached to an aromatic ring is 1. The summed E-state index contributed by atoms with van der Waals surface area (Å²) in [5, 5.41) is 8.68. The summed E-state index contributed by atoms with van der Waals surface area (Å²) in [4.78, 5) is 21.2. The van der Waals surface area contributed by atoms with Crippen molar-refractivity contribution in [1.82, 2.24) is 24.9 Å². The maximum absolute atomic E-state index is 12.6. The molecule has 2 N–H and O–H groups in total. The van der Waals surface area contributed by atoms with Gasteiger partial charge in [0.25, 0.3) is 5.56 Å². The smallest absolute Gasteiger partial charge is 0.276 e. The highest BCUT2D eigenvalue weighted by Gasteiger charge is 2.31. The molecule has 0 bridgehead atoms. The molecule has 3 aromatic heterocycles. The molecule has 1 aromatic carbocycles. The minimum Gasteiger partial charge on any atom is -0.384 e. The Morgan fingerprint density at radius 2 is 2.00 bits per heavy atom. The lowest BCUT2D eigenvalue weighted by Gasteiger charge is -2.09. The lowest BCUT2D eigenvalue weighted by Crippen LogP contribution is -2.23. The number of aromatic nitrogens is 5. The lowest BCUT2D eigenvalue weighted by atomic mass is 9.99. The normalized spacial score (nSPS) is 18.8. The van der Waals surface area contributed by atoms with Crippen LogP contribution in [0.15, 0.2) is 51.9 Å². The van der Waals surface area contributed by atoms with E-state index < -0.39 is 0 Å². The number of hydrogen-bond acceptors (Lipinski definition) is 8. The minimum absolute atomic E-state index is 0.0160. The van der Waals surface area contributed by atoms with Gasteiger partial charge >= 0.3 is 0 Å². The molecule has 1 aliphatic heterocycles. The van der Waals surface area contributed by atoms with Gasteiger partial charge in [0.05, 0.1) is 29.8 Å². The molecular formula is C21H20N6O3. The molecule has 0 amide bonds. The summed E-state index contributed by atoms with van der Waals surface area (Å²) in [7, 11) is 0. The first-order chi connectivity index (χ1) is 14.6. The summed E-state index contributed by atoms with van der Waals surface area (Å²) in [6.45, 7) is 2.67. The van der Waals surface area contributed by atoms with Crippen molar-refractivity contribution in [2.45, 2.75) is 31.9 Å². The Balaban J connectivity index is 1.32. The number of benzene rings is 1.